The average Bonchev–Trinajstić information content (AvgIpc) is 3.25. The number of anilines is 1. The highest BCUT2D eigenvalue weighted by molar-refractivity contribution is 6.03. The number of rotatable bonds is 5. The molecule has 0 saturated carbocycles. The molecule has 0 atom stereocenters. The van der Waals surface area contributed by atoms with E-state index in [1.54, 1.807) is 54.9 Å². The molecule has 4 aromatic rings. The van der Waals surface area contributed by atoms with Crippen molar-refractivity contribution in [2.45, 2.75) is 6.54 Å². The van der Waals surface area contributed by atoms with E-state index in [-0.39, 0.29) is 18.3 Å². The van der Waals surface area contributed by atoms with Crippen LogP contribution in [0.3, 0.4) is 0 Å². The average molecular weight is 373 g/mol. The Morgan fingerprint density at radius 3 is 2.79 bits per heavy atom. The monoisotopic (exact) mass is 373 g/mol. The van der Waals surface area contributed by atoms with Gasteiger partial charge in [0.2, 0.25) is 5.82 Å². The molecule has 4 rings (SSSR count). The van der Waals surface area contributed by atoms with E-state index in [4.69, 9.17) is 10.3 Å². The van der Waals surface area contributed by atoms with E-state index >= 15 is 0 Å². The molecule has 0 aliphatic heterocycles. The van der Waals surface area contributed by atoms with Crippen molar-refractivity contribution in [1.82, 2.24) is 25.3 Å². The van der Waals surface area contributed by atoms with Crippen molar-refractivity contribution in [3.8, 4) is 23.0 Å². The summed E-state index contributed by atoms with van der Waals surface area (Å²) < 4.78 is 5.35. The van der Waals surface area contributed by atoms with Crippen LogP contribution in [-0.2, 0) is 6.54 Å². The quantitative estimate of drug-likeness (QED) is 0.544. The molecule has 1 aromatic carbocycles. The summed E-state index contributed by atoms with van der Waals surface area (Å²) in [4.78, 5) is 20.8. The number of benzene rings is 1. The fourth-order valence-electron chi connectivity index (χ4n) is 2.56. The van der Waals surface area contributed by atoms with Crippen molar-refractivity contribution < 1.29 is 9.32 Å². The van der Waals surface area contributed by atoms with Crippen LogP contribution in [0.1, 0.15) is 16.1 Å². The van der Waals surface area contributed by atoms with E-state index in [1.807, 2.05) is 6.07 Å². The first kappa shape index (κ1) is 17.4. The third-order valence-electron chi connectivity index (χ3n) is 3.86. The smallest absolute Gasteiger partial charge is 0.274 e. The Kier molecular flexibility index (Phi) is 4.81. The number of amides is 1. The molecule has 138 valence electrons. The lowest BCUT2D eigenvalue weighted by Gasteiger charge is -2.08. The number of nitrogens with zero attached hydrogens (tertiary/aromatic N) is 5. The molecule has 0 aliphatic carbocycles. The van der Waals surface area contributed by atoms with Gasteiger partial charge >= 0.3 is 0 Å². The first-order valence-corrected chi connectivity index (χ1v) is 8.41. The Morgan fingerprint density at radius 2 is 2.04 bits per heavy atom. The first-order valence-electron chi connectivity index (χ1n) is 8.41. The summed E-state index contributed by atoms with van der Waals surface area (Å²) in [6.45, 7) is 0.283. The van der Waals surface area contributed by atoms with Crippen LogP contribution >= 0.6 is 0 Å². The molecule has 0 bridgehead atoms. The summed E-state index contributed by atoms with van der Waals surface area (Å²) in [5.41, 5.74) is 8.58. The molecule has 0 radical (unpaired) electrons. The molecule has 0 spiro atoms. The second-order valence-corrected chi connectivity index (χ2v) is 5.82. The summed E-state index contributed by atoms with van der Waals surface area (Å²) >= 11 is 0. The number of carbonyl (C=O) groups excluding carboxylic acids is 1. The zero-order chi connectivity index (χ0) is 19.3. The van der Waals surface area contributed by atoms with E-state index in [2.05, 4.69) is 30.6 Å². The lowest BCUT2D eigenvalue weighted by atomic mass is 10.1. The topological polar surface area (TPSA) is 133 Å². The Hall–Kier alpha value is -3.98. The summed E-state index contributed by atoms with van der Waals surface area (Å²) in [5.74, 6) is 0.274. The van der Waals surface area contributed by atoms with Gasteiger partial charge in [0.05, 0.1) is 0 Å². The van der Waals surface area contributed by atoms with E-state index in [0.717, 1.165) is 5.56 Å². The largest absolute Gasteiger partial charge is 0.334 e. The highest BCUT2D eigenvalue weighted by Gasteiger charge is 2.14. The number of hydrogen-bond acceptors (Lipinski definition) is 8. The molecular formula is C19H15N7O2. The molecule has 3 N–H and O–H groups in total. The molecular weight excluding hydrogens is 358 g/mol. The number of hydrogen-bond donors (Lipinski definition) is 2. The minimum Gasteiger partial charge on any atom is -0.334 e. The molecule has 3 aromatic heterocycles. The normalized spacial score (nSPS) is 10.6. The molecule has 0 aliphatic rings. The van der Waals surface area contributed by atoms with Gasteiger partial charge in [-0.3, -0.25) is 9.78 Å². The molecule has 0 unspecified atom stereocenters. The van der Waals surface area contributed by atoms with Gasteiger partial charge in [0.1, 0.15) is 11.4 Å². The van der Waals surface area contributed by atoms with Gasteiger partial charge in [-0.2, -0.15) is 10.1 Å². The molecule has 0 saturated heterocycles. The van der Waals surface area contributed by atoms with E-state index in [9.17, 15) is 4.79 Å². The van der Waals surface area contributed by atoms with Crippen LogP contribution in [0.4, 0.5) is 5.69 Å². The van der Waals surface area contributed by atoms with Crippen molar-refractivity contribution >= 4 is 11.6 Å². The van der Waals surface area contributed by atoms with Crippen molar-refractivity contribution in [3.63, 3.8) is 0 Å². The standard InChI is InChI=1S/C19H15N7O2/c20-11-12-8-13(19-24-17(26-28-19)15-5-3-7-22-25-15)10-14(9-12)23-18(27)16-4-1-2-6-21-16/h1-10H,11,20H2,(H,23,27). The Morgan fingerprint density at radius 1 is 1.11 bits per heavy atom. The Bertz CT molecular complexity index is 1100. The fourth-order valence-corrected chi connectivity index (χ4v) is 2.56. The third-order valence-corrected chi connectivity index (χ3v) is 3.86. The van der Waals surface area contributed by atoms with Gasteiger partial charge in [0.15, 0.2) is 0 Å². The summed E-state index contributed by atoms with van der Waals surface area (Å²) in [6.07, 6.45) is 3.12. The van der Waals surface area contributed by atoms with Crippen LogP contribution in [0.5, 0.6) is 0 Å². The number of aromatic nitrogens is 5. The highest BCUT2D eigenvalue weighted by Crippen LogP contribution is 2.25. The summed E-state index contributed by atoms with van der Waals surface area (Å²) in [6, 6.07) is 13.9. The second kappa shape index (κ2) is 7.72. The number of carbonyl (C=O) groups is 1. The Balaban J connectivity index is 1.64. The minimum atomic E-state index is -0.327. The minimum absolute atomic E-state index is 0.282. The number of pyridine rings is 1. The fraction of sp³-hybridized carbons (Fsp3) is 0.0526. The molecule has 3 heterocycles. The second-order valence-electron chi connectivity index (χ2n) is 5.82. The van der Waals surface area contributed by atoms with Crippen molar-refractivity contribution in [2.24, 2.45) is 5.73 Å². The highest BCUT2D eigenvalue weighted by atomic mass is 16.5. The van der Waals surface area contributed by atoms with Gasteiger partial charge in [-0.15, -0.1) is 5.10 Å². The van der Waals surface area contributed by atoms with E-state index in [1.165, 1.54) is 0 Å². The number of nitrogens with one attached hydrogen (secondary N) is 1. The van der Waals surface area contributed by atoms with Crippen LogP contribution in [0.2, 0.25) is 0 Å². The molecule has 1 amide bonds. The Labute approximate surface area is 159 Å². The zero-order valence-corrected chi connectivity index (χ0v) is 14.6. The maximum Gasteiger partial charge on any atom is 0.274 e. The SMILES string of the molecule is NCc1cc(NC(=O)c2ccccn2)cc(-c2nc(-c3cccnn3)no2)c1. The maximum atomic E-state index is 12.4. The van der Waals surface area contributed by atoms with Crippen LogP contribution in [0, 0.1) is 0 Å². The van der Waals surface area contributed by atoms with Crippen molar-refractivity contribution in [1.29, 1.82) is 0 Å². The van der Waals surface area contributed by atoms with E-state index in [0.29, 0.717) is 28.5 Å². The van der Waals surface area contributed by atoms with E-state index < -0.39 is 0 Å². The predicted molar refractivity (Wildman–Crippen MR) is 101 cm³/mol. The van der Waals surface area contributed by atoms with Gasteiger partial charge in [0, 0.05) is 30.2 Å². The maximum absolute atomic E-state index is 12.4. The van der Waals surface area contributed by atoms with Crippen LogP contribution < -0.4 is 11.1 Å². The van der Waals surface area contributed by atoms with Crippen LogP contribution in [0.15, 0.2) is 65.4 Å². The summed E-state index contributed by atoms with van der Waals surface area (Å²) in [7, 11) is 0. The summed E-state index contributed by atoms with van der Waals surface area (Å²) in [5, 5.41) is 14.5. The zero-order valence-electron chi connectivity index (χ0n) is 14.6. The molecule has 9 heteroatoms. The van der Waals surface area contributed by atoms with Gasteiger partial charge in [-0.05, 0) is 48.0 Å². The van der Waals surface area contributed by atoms with Crippen LogP contribution in [-0.4, -0.2) is 31.2 Å². The number of nitrogens with two attached hydrogens (primary N) is 1. The molecule has 28 heavy (non-hydrogen) atoms. The lowest BCUT2D eigenvalue weighted by molar-refractivity contribution is 0.102. The van der Waals surface area contributed by atoms with Gasteiger partial charge in [-0.1, -0.05) is 11.2 Å². The van der Waals surface area contributed by atoms with Gasteiger partial charge in [0.25, 0.3) is 11.8 Å². The third kappa shape index (κ3) is 3.74. The first-order chi connectivity index (χ1) is 13.7. The lowest BCUT2D eigenvalue weighted by Crippen LogP contribution is -2.13. The van der Waals surface area contributed by atoms with Gasteiger partial charge < -0.3 is 15.6 Å². The van der Waals surface area contributed by atoms with Crippen molar-refractivity contribution in [2.75, 3.05) is 5.32 Å². The van der Waals surface area contributed by atoms with Gasteiger partial charge in [-0.25, -0.2) is 0 Å². The molecule has 0 fully saturated rings. The van der Waals surface area contributed by atoms with Crippen LogP contribution in [0.25, 0.3) is 23.0 Å². The van der Waals surface area contributed by atoms with Crippen molar-refractivity contribution in [3.05, 3.63) is 72.2 Å². The predicted octanol–water partition coefficient (Wildman–Crippen LogP) is 2.30. The molecule has 9 nitrogen and oxygen atoms in total.